The Balaban J connectivity index is 1.77. The van der Waals surface area contributed by atoms with Crippen molar-refractivity contribution in [3.63, 3.8) is 0 Å². The van der Waals surface area contributed by atoms with Gasteiger partial charge in [-0.15, -0.1) is 0 Å². The van der Waals surface area contributed by atoms with Crippen molar-refractivity contribution in [2.45, 2.75) is 98.4 Å². The molecular formula is C37H53F3N6O9. The van der Waals surface area contributed by atoms with E-state index < -0.39 is 85.4 Å². The van der Waals surface area contributed by atoms with Crippen molar-refractivity contribution in [1.29, 1.82) is 0 Å². The lowest BCUT2D eigenvalue weighted by atomic mass is 9.80. The molecule has 1 aliphatic rings. The lowest BCUT2D eigenvalue weighted by molar-refractivity contribution is -0.222. The number of nitrogens with one attached hydrogen (secondary N) is 5. The first-order chi connectivity index (χ1) is 25.5. The minimum absolute atomic E-state index is 0.0165. The third-order valence-electron chi connectivity index (χ3n) is 8.62. The van der Waals surface area contributed by atoms with E-state index in [0.717, 1.165) is 0 Å². The van der Waals surface area contributed by atoms with Crippen LogP contribution in [0, 0.1) is 16.7 Å². The van der Waals surface area contributed by atoms with Gasteiger partial charge < -0.3 is 31.3 Å². The number of rotatable bonds is 20. The van der Waals surface area contributed by atoms with Gasteiger partial charge in [-0.2, -0.15) is 13.2 Å². The van der Waals surface area contributed by atoms with Gasteiger partial charge in [-0.05, 0) is 23.8 Å². The van der Waals surface area contributed by atoms with Crippen LogP contribution in [0.15, 0.2) is 30.3 Å². The van der Waals surface area contributed by atoms with Gasteiger partial charge in [0.15, 0.2) is 5.78 Å². The second kappa shape index (κ2) is 20.7. The number of hydrogen-bond acceptors (Lipinski definition) is 9. The van der Waals surface area contributed by atoms with E-state index in [2.05, 4.69) is 26.0 Å². The lowest BCUT2D eigenvalue weighted by Gasteiger charge is -2.26. The molecule has 306 valence electrons. The van der Waals surface area contributed by atoms with E-state index in [-0.39, 0.29) is 49.0 Å². The summed E-state index contributed by atoms with van der Waals surface area (Å²) in [4.78, 5) is 101. The van der Waals surface area contributed by atoms with Gasteiger partial charge in [0.2, 0.25) is 47.5 Å². The number of benzene rings is 1. The quantitative estimate of drug-likeness (QED) is 0.0740. The molecule has 0 radical (unpaired) electrons. The summed E-state index contributed by atoms with van der Waals surface area (Å²) in [7, 11) is 0. The van der Waals surface area contributed by atoms with Gasteiger partial charge in [-0.25, -0.2) is 0 Å². The number of ketones is 1. The van der Waals surface area contributed by atoms with Gasteiger partial charge >= 0.3 is 6.18 Å². The summed E-state index contributed by atoms with van der Waals surface area (Å²) in [5.74, 6) is -5.53. The Hall–Kier alpha value is -4.87. The molecule has 5 N–H and O–H groups in total. The van der Waals surface area contributed by atoms with Crippen LogP contribution >= 0.6 is 0 Å². The highest BCUT2D eigenvalue weighted by atomic mass is 19.4. The van der Waals surface area contributed by atoms with Crippen LogP contribution in [0.3, 0.4) is 0 Å². The summed E-state index contributed by atoms with van der Waals surface area (Å²) < 4.78 is 44.7. The molecule has 1 heterocycles. The molecule has 18 heteroatoms. The number of alkyl halides is 3. The number of hydrogen-bond donors (Lipinski definition) is 5. The maximum absolute atomic E-state index is 13.4. The molecule has 55 heavy (non-hydrogen) atoms. The molecule has 7 amide bonds. The van der Waals surface area contributed by atoms with Crippen molar-refractivity contribution in [3.05, 3.63) is 35.9 Å². The first-order valence-corrected chi connectivity index (χ1v) is 18.0. The standard InChI is InChI=1S/C37H53F3N6O9/c1-35(2,3)24-18-30(51)46(34(24)54)16-12-8-11-15-26(47)41-19-27(48)42-21-29(50)45-25(17-23-13-9-7-10-14-23)33(53)43-20-28(49)44-22-55-32(37(38,39)40)31(52)36(4,5)6/h7,9-10,13-14,24-25,32H,8,11-12,15-22H2,1-6H3,(H,41,47)(H,42,48)(H,43,53)(H,44,49)(H,45,50)/t24?,25-,32+/m0/s1. The number of unbranched alkanes of at least 4 members (excludes halogenated alkanes) is 2. The van der Waals surface area contributed by atoms with E-state index >= 15 is 0 Å². The van der Waals surface area contributed by atoms with E-state index in [1.54, 1.807) is 30.3 Å². The van der Waals surface area contributed by atoms with Crippen molar-refractivity contribution >= 4 is 47.1 Å². The lowest BCUT2D eigenvalue weighted by Crippen LogP contribution is -2.52. The summed E-state index contributed by atoms with van der Waals surface area (Å²) in [5, 5.41) is 11.6. The number of carbonyl (C=O) groups is 8. The highest BCUT2D eigenvalue weighted by Crippen LogP contribution is 2.35. The zero-order valence-corrected chi connectivity index (χ0v) is 32.2. The Bertz CT molecular complexity index is 1540. The number of Topliss-reactive ketones (excluding diaryl/α,β-unsaturated/α-hetero) is 1. The van der Waals surface area contributed by atoms with Crippen LogP contribution < -0.4 is 26.6 Å². The molecule has 1 aromatic rings. The Kier molecular flexibility index (Phi) is 17.4. The van der Waals surface area contributed by atoms with Crippen molar-refractivity contribution in [1.82, 2.24) is 31.5 Å². The zero-order chi connectivity index (χ0) is 41.6. The maximum Gasteiger partial charge on any atom is 0.421 e. The van der Waals surface area contributed by atoms with Gasteiger partial charge in [0.1, 0.15) is 12.8 Å². The highest BCUT2D eigenvalue weighted by Gasteiger charge is 2.49. The van der Waals surface area contributed by atoms with Gasteiger partial charge in [0.25, 0.3) is 0 Å². The predicted octanol–water partition coefficient (Wildman–Crippen LogP) is 1.68. The Morgan fingerprint density at radius 1 is 0.782 bits per heavy atom. The van der Waals surface area contributed by atoms with Crippen LogP contribution in [0.4, 0.5) is 13.2 Å². The fourth-order valence-electron chi connectivity index (χ4n) is 5.41. The molecule has 1 aromatic carbocycles. The minimum Gasteiger partial charge on any atom is -0.347 e. The molecule has 1 unspecified atom stereocenters. The van der Waals surface area contributed by atoms with Crippen LogP contribution in [0.1, 0.15) is 79.2 Å². The van der Waals surface area contributed by atoms with Gasteiger partial charge in [-0.1, -0.05) is 78.3 Å². The monoisotopic (exact) mass is 782 g/mol. The van der Waals surface area contributed by atoms with E-state index in [4.69, 9.17) is 0 Å². The van der Waals surface area contributed by atoms with Crippen LogP contribution in [0.5, 0.6) is 0 Å². The molecule has 0 aromatic heterocycles. The minimum atomic E-state index is -5.01. The Morgan fingerprint density at radius 2 is 1.36 bits per heavy atom. The smallest absolute Gasteiger partial charge is 0.347 e. The molecule has 1 fully saturated rings. The topological polar surface area (TPSA) is 209 Å². The van der Waals surface area contributed by atoms with Gasteiger partial charge in [0.05, 0.1) is 25.6 Å². The maximum atomic E-state index is 13.4. The first-order valence-electron chi connectivity index (χ1n) is 18.0. The third kappa shape index (κ3) is 16.2. The molecule has 1 aliphatic heterocycles. The van der Waals surface area contributed by atoms with E-state index in [9.17, 15) is 51.5 Å². The average molecular weight is 783 g/mol. The predicted molar refractivity (Wildman–Crippen MR) is 192 cm³/mol. The fourth-order valence-corrected chi connectivity index (χ4v) is 5.41. The number of nitrogens with zero attached hydrogens (tertiary/aromatic N) is 1. The molecule has 0 spiro atoms. The molecule has 15 nitrogen and oxygen atoms in total. The molecule has 1 saturated heterocycles. The van der Waals surface area contributed by atoms with Gasteiger partial charge in [0, 0.05) is 31.2 Å². The molecule has 0 aliphatic carbocycles. The van der Waals surface area contributed by atoms with E-state index in [1.165, 1.54) is 25.7 Å². The number of halogens is 3. The molecule has 2 rings (SSSR count). The van der Waals surface area contributed by atoms with Crippen molar-refractivity contribution in [2.75, 3.05) is 32.9 Å². The van der Waals surface area contributed by atoms with E-state index in [1.807, 2.05) is 26.1 Å². The fraction of sp³-hybridized carbons (Fsp3) is 0.622. The number of amides is 7. The summed E-state index contributed by atoms with van der Waals surface area (Å²) >= 11 is 0. The summed E-state index contributed by atoms with van der Waals surface area (Å²) in [5.41, 5.74) is -1.04. The second-order valence-corrected chi connectivity index (χ2v) is 15.3. The van der Waals surface area contributed by atoms with Crippen LogP contribution in [-0.4, -0.2) is 103 Å². The van der Waals surface area contributed by atoms with Gasteiger partial charge in [-0.3, -0.25) is 43.3 Å². The number of ether oxygens (including phenoxy) is 1. The SMILES string of the molecule is CC(C)(C)C(=O)[C@@H](OCNC(=O)CNC(=O)[C@H](Cc1ccccc1)NC(=O)CNC(=O)CNC(=O)CCCCCN1C(=O)CC(C(C)(C)C)C1=O)C(F)(F)F. The number of imide groups is 1. The van der Waals surface area contributed by atoms with Crippen molar-refractivity contribution in [3.8, 4) is 0 Å². The van der Waals surface area contributed by atoms with Crippen molar-refractivity contribution < 1.29 is 56.3 Å². The summed E-state index contributed by atoms with van der Waals surface area (Å²) in [6.45, 7) is 7.31. The second-order valence-electron chi connectivity index (χ2n) is 15.3. The molecular weight excluding hydrogens is 729 g/mol. The van der Waals surface area contributed by atoms with Crippen LogP contribution in [0.2, 0.25) is 0 Å². The molecule has 3 atom stereocenters. The third-order valence-corrected chi connectivity index (χ3v) is 8.62. The Morgan fingerprint density at radius 3 is 1.95 bits per heavy atom. The average Bonchev–Trinajstić information content (AvgIpc) is 3.38. The summed E-state index contributed by atoms with van der Waals surface area (Å²) in [6.07, 6.45) is -5.92. The first kappa shape index (κ1) is 46.3. The summed E-state index contributed by atoms with van der Waals surface area (Å²) in [6, 6.07) is 7.29. The van der Waals surface area contributed by atoms with Crippen molar-refractivity contribution in [2.24, 2.45) is 16.7 Å². The molecule has 0 saturated carbocycles. The normalized spacial score (nSPS) is 15.9. The Labute approximate surface area is 318 Å². The van der Waals surface area contributed by atoms with E-state index in [0.29, 0.717) is 24.8 Å². The molecule has 0 bridgehead atoms. The van der Waals surface area contributed by atoms with Crippen LogP contribution in [-0.2, 0) is 49.5 Å². The zero-order valence-electron chi connectivity index (χ0n) is 32.2. The number of likely N-dealkylation sites (tertiary alicyclic amines) is 1. The highest BCUT2D eigenvalue weighted by molar-refractivity contribution is 6.03. The number of carbonyl (C=O) groups excluding carboxylic acids is 8. The largest absolute Gasteiger partial charge is 0.421 e. The van der Waals surface area contributed by atoms with Crippen LogP contribution in [0.25, 0.3) is 0 Å².